The van der Waals surface area contributed by atoms with E-state index in [-0.39, 0.29) is 0 Å². The third kappa shape index (κ3) is 3.55. The van der Waals surface area contributed by atoms with Crippen molar-refractivity contribution in [1.29, 1.82) is 5.26 Å². The average molecular weight is 473 g/mol. The fourth-order valence-electron chi connectivity index (χ4n) is 5.20. The molecule has 5 aromatic carbocycles. The Balaban J connectivity index is 1.39. The van der Waals surface area contributed by atoms with Crippen molar-refractivity contribution in [3.63, 3.8) is 0 Å². The van der Waals surface area contributed by atoms with E-state index in [1.807, 2.05) is 18.2 Å². The number of hydrogen-bond acceptors (Lipinski definition) is 3. The molecular formula is C34H20N2O. The highest BCUT2D eigenvalue weighted by Gasteiger charge is 2.15. The molecule has 0 spiro atoms. The summed E-state index contributed by atoms with van der Waals surface area (Å²) in [4.78, 5) is 4.08. The molecule has 3 nitrogen and oxygen atoms in total. The van der Waals surface area contributed by atoms with E-state index >= 15 is 0 Å². The molecule has 0 aliphatic carbocycles. The molecule has 0 atom stereocenters. The number of rotatable bonds is 3. The van der Waals surface area contributed by atoms with Crippen molar-refractivity contribution in [2.24, 2.45) is 0 Å². The van der Waals surface area contributed by atoms with Crippen molar-refractivity contribution in [3.05, 3.63) is 127 Å². The molecule has 172 valence electrons. The second-order valence-electron chi connectivity index (χ2n) is 9.14. The first-order chi connectivity index (χ1) is 18.3. The van der Waals surface area contributed by atoms with Crippen LogP contribution < -0.4 is 0 Å². The molecule has 37 heavy (non-hydrogen) atoms. The summed E-state index contributed by atoms with van der Waals surface area (Å²) in [6.07, 6.45) is 1.67. The van der Waals surface area contributed by atoms with Crippen molar-refractivity contribution in [3.8, 4) is 39.4 Å². The molecule has 0 N–H and O–H groups in total. The molecule has 3 heteroatoms. The van der Waals surface area contributed by atoms with Crippen LogP contribution in [0.15, 0.2) is 126 Å². The third-order valence-corrected chi connectivity index (χ3v) is 6.99. The highest BCUT2D eigenvalue weighted by atomic mass is 16.3. The van der Waals surface area contributed by atoms with Crippen LogP contribution in [0.1, 0.15) is 5.69 Å². The molecule has 0 bridgehead atoms. The largest absolute Gasteiger partial charge is 0.456 e. The highest BCUT2D eigenvalue weighted by molar-refractivity contribution is 6.22. The number of benzene rings is 5. The Morgan fingerprint density at radius 2 is 1.22 bits per heavy atom. The topological polar surface area (TPSA) is 49.8 Å². The lowest BCUT2D eigenvalue weighted by Crippen LogP contribution is -1.86. The maximum Gasteiger partial charge on any atom is 0.141 e. The van der Waals surface area contributed by atoms with E-state index in [1.165, 1.54) is 16.3 Å². The van der Waals surface area contributed by atoms with Crippen LogP contribution in [0.25, 0.3) is 66.1 Å². The molecule has 7 aromatic rings. The van der Waals surface area contributed by atoms with Crippen molar-refractivity contribution in [2.45, 2.75) is 0 Å². The van der Waals surface area contributed by atoms with Gasteiger partial charge in [-0.3, -0.25) is 0 Å². The quantitative estimate of drug-likeness (QED) is 0.258. The lowest BCUT2D eigenvalue weighted by molar-refractivity contribution is 0.669. The van der Waals surface area contributed by atoms with Crippen molar-refractivity contribution < 1.29 is 4.42 Å². The molecule has 0 radical (unpaired) electrons. The standard InChI is InChI=1S/C34H20N2O/c35-21-27-18-26(16-17-36-27)23-10-12-24(13-11-23)31-20-33-34(29-9-5-4-8-28(29)31)30-15-14-25(19-32(30)37-33)22-6-2-1-3-7-22/h1-20H. The molecule has 0 aliphatic rings. The zero-order valence-electron chi connectivity index (χ0n) is 19.8. The fourth-order valence-corrected chi connectivity index (χ4v) is 5.20. The van der Waals surface area contributed by atoms with Crippen LogP contribution in [0.5, 0.6) is 0 Å². The van der Waals surface area contributed by atoms with Crippen LogP contribution in [-0.2, 0) is 0 Å². The number of pyridine rings is 1. The van der Waals surface area contributed by atoms with E-state index in [4.69, 9.17) is 4.42 Å². The lowest BCUT2D eigenvalue weighted by Gasteiger charge is -2.10. The molecule has 2 heterocycles. The van der Waals surface area contributed by atoms with Crippen LogP contribution in [0.4, 0.5) is 0 Å². The Bertz CT molecular complexity index is 1980. The summed E-state index contributed by atoms with van der Waals surface area (Å²) in [6, 6.07) is 41.9. The smallest absolute Gasteiger partial charge is 0.141 e. The number of hydrogen-bond donors (Lipinski definition) is 0. The molecular weight excluding hydrogens is 452 g/mol. The summed E-state index contributed by atoms with van der Waals surface area (Å²) in [5, 5.41) is 13.8. The molecule has 0 fully saturated rings. The van der Waals surface area contributed by atoms with E-state index < -0.39 is 0 Å². The summed E-state index contributed by atoms with van der Waals surface area (Å²) in [5.74, 6) is 0. The Morgan fingerprint density at radius 3 is 2.03 bits per heavy atom. The van der Waals surface area contributed by atoms with Crippen LogP contribution in [-0.4, -0.2) is 4.98 Å². The van der Waals surface area contributed by atoms with E-state index in [1.54, 1.807) is 6.20 Å². The van der Waals surface area contributed by atoms with Crippen LogP contribution in [0.3, 0.4) is 0 Å². The summed E-state index contributed by atoms with van der Waals surface area (Å²) in [6.45, 7) is 0. The molecule has 0 saturated heterocycles. The number of nitrogens with zero attached hydrogens (tertiary/aromatic N) is 2. The van der Waals surface area contributed by atoms with Gasteiger partial charge in [-0.05, 0) is 74.5 Å². The highest BCUT2D eigenvalue weighted by Crippen LogP contribution is 2.41. The van der Waals surface area contributed by atoms with Gasteiger partial charge < -0.3 is 4.42 Å². The van der Waals surface area contributed by atoms with Crippen LogP contribution in [0, 0.1) is 11.3 Å². The monoisotopic (exact) mass is 472 g/mol. The Labute approximate surface area is 213 Å². The normalized spacial score (nSPS) is 11.2. The average Bonchev–Trinajstić information content (AvgIpc) is 3.35. The zero-order valence-corrected chi connectivity index (χ0v) is 19.8. The van der Waals surface area contributed by atoms with Gasteiger partial charge in [0.05, 0.1) is 0 Å². The minimum Gasteiger partial charge on any atom is -0.456 e. The zero-order chi connectivity index (χ0) is 24.8. The van der Waals surface area contributed by atoms with Gasteiger partial charge in [-0.2, -0.15) is 5.26 Å². The summed E-state index contributed by atoms with van der Waals surface area (Å²) < 4.78 is 6.47. The Morgan fingerprint density at radius 1 is 0.541 bits per heavy atom. The molecule has 0 unspecified atom stereocenters. The molecule has 2 aromatic heterocycles. The van der Waals surface area contributed by atoms with Crippen molar-refractivity contribution >= 4 is 32.7 Å². The number of nitriles is 1. The van der Waals surface area contributed by atoms with Gasteiger partial charge in [0.25, 0.3) is 0 Å². The first kappa shape index (κ1) is 21.1. The van der Waals surface area contributed by atoms with Gasteiger partial charge in [0, 0.05) is 17.0 Å². The van der Waals surface area contributed by atoms with Gasteiger partial charge in [-0.15, -0.1) is 0 Å². The lowest BCUT2D eigenvalue weighted by atomic mass is 9.93. The second kappa shape index (κ2) is 8.48. The van der Waals surface area contributed by atoms with Gasteiger partial charge in [-0.1, -0.05) is 84.9 Å². The molecule has 0 saturated carbocycles. The molecule has 0 aliphatic heterocycles. The number of fused-ring (bicyclic) bond motifs is 5. The second-order valence-corrected chi connectivity index (χ2v) is 9.14. The van der Waals surface area contributed by atoms with Gasteiger partial charge in [0.2, 0.25) is 0 Å². The minimum atomic E-state index is 0.415. The van der Waals surface area contributed by atoms with E-state index in [9.17, 15) is 5.26 Å². The third-order valence-electron chi connectivity index (χ3n) is 6.99. The fraction of sp³-hybridized carbons (Fsp3) is 0. The van der Waals surface area contributed by atoms with E-state index in [0.29, 0.717) is 5.69 Å². The molecule has 0 amide bonds. The first-order valence-corrected chi connectivity index (χ1v) is 12.2. The summed E-state index contributed by atoms with van der Waals surface area (Å²) in [5.41, 5.74) is 8.76. The van der Waals surface area contributed by atoms with Crippen molar-refractivity contribution in [1.82, 2.24) is 4.98 Å². The van der Waals surface area contributed by atoms with Gasteiger partial charge in [0.15, 0.2) is 0 Å². The summed E-state index contributed by atoms with van der Waals surface area (Å²) >= 11 is 0. The predicted octanol–water partition coefficient (Wildman–Crippen LogP) is 9.01. The van der Waals surface area contributed by atoms with Crippen LogP contribution in [0.2, 0.25) is 0 Å². The van der Waals surface area contributed by atoms with E-state index in [2.05, 4.69) is 108 Å². The van der Waals surface area contributed by atoms with Gasteiger partial charge >= 0.3 is 0 Å². The first-order valence-electron chi connectivity index (χ1n) is 12.2. The van der Waals surface area contributed by atoms with Gasteiger partial charge in [0.1, 0.15) is 22.9 Å². The van der Waals surface area contributed by atoms with Gasteiger partial charge in [-0.25, -0.2) is 4.98 Å². The molecule has 7 rings (SSSR count). The van der Waals surface area contributed by atoms with E-state index in [0.717, 1.165) is 49.8 Å². The Kier molecular flexibility index (Phi) is 4.84. The van der Waals surface area contributed by atoms with Crippen LogP contribution >= 0.6 is 0 Å². The maximum absolute atomic E-state index is 9.19. The van der Waals surface area contributed by atoms with Crippen molar-refractivity contribution in [2.75, 3.05) is 0 Å². The SMILES string of the molecule is N#Cc1cc(-c2ccc(-c3cc4oc5cc(-c6ccccc6)ccc5c4c4ccccc34)cc2)ccn1. The number of aromatic nitrogens is 1. The summed E-state index contributed by atoms with van der Waals surface area (Å²) in [7, 11) is 0. The Hall–Kier alpha value is -5.20. The predicted molar refractivity (Wildman–Crippen MR) is 150 cm³/mol. The number of furan rings is 1. The maximum atomic E-state index is 9.19. The minimum absolute atomic E-state index is 0.415.